The van der Waals surface area contributed by atoms with Crippen molar-refractivity contribution in [2.75, 3.05) is 5.32 Å². The number of carbonyl (C=O) groups excluding carboxylic acids is 1. The van der Waals surface area contributed by atoms with Crippen LogP contribution in [0.2, 0.25) is 5.02 Å². The monoisotopic (exact) mass is 316 g/mol. The molecule has 1 amide bonds. The molecule has 0 bridgehead atoms. The van der Waals surface area contributed by atoms with E-state index in [-0.39, 0.29) is 11.6 Å². The van der Waals surface area contributed by atoms with Gasteiger partial charge in [0.05, 0.1) is 10.3 Å². The normalized spacial score (nSPS) is 15.1. The Kier molecular flexibility index (Phi) is 3.58. The second kappa shape index (κ2) is 5.42. The van der Waals surface area contributed by atoms with E-state index in [1.165, 1.54) is 12.1 Å². The van der Waals surface area contributed by atoms with Crippen LogP contribution in [-0.4, -0.2) is 10.8 Å². The fourth-order valence-electron chi connectivity index (χ4n) is 2.49. The van der Waals surface area contributed by atoms with Gasteiger partial charge in [0.1, 0.15) is 0 Å². The zero-order valence-corrected chi connectivity index (χ0v) is 12.3. The molecule has 112 valence electrons. The zero-order valence-electron chi connectivity index (χ0n) is 11.6. The number of amides is 1. The van der Waals surface area contributed by atoms with Crippen LogP contribution in [0.5, 0.6) is 0 Å². The Labute approximate surface area is 132 Å². The van der Waals surface area contributed by atoms with Crippen LogP contribution in [0, 0.1) is 10.1 Å². The van der Waals surface area contributed by atoms with E-state index in [9.17, 15) is 14.9 Å². The summed E-state index contributed by atoms with van der Waals surface area (Å²) >= 11 is 5.91. The largest absolute Gasteiger partial charge is 0.325 e. The van der Waals surface area contributed by atoms with Crippen LogP contribution in [0.3, 0.4) is 0 Å². The fourth-order valence-corrected chi connectivity index (χ4v) is 2.68. The summed E-state index contributed by atoms with van der Waals surface area (Å²) in [6, 6.07) is 13.1. The predicted molar refractivity (Wildman–Crippen MR) is 84.1 cm³/mol. The fraction of sp³-hybridized carbons (Fsp3) is 0.188. The summed E-state index contributed by atoms with van der Waals surface area (Å²) in [5, 5.41) is 14.1. The molecule has 3 rings (SSSR count). The molecule has 1 saturated carbocycles. The summed E-state index contributed by atoms with van der Waals surface area (Å²) in [4.78, 5) is 22.8. The highest BCUT2D eigenvalue weighted by molar-refractivity contribution is 6.30. The van der Waals surface area contributed by atoms with Gasteiger partial charge in [-0.15, -0.1) is 0 Å². The van der Waals surface area contributed by atoms with Gasteiger partial charge in [-0.25, -0.2) is 0 Å². The average molecular weight is 317 g/mol. The van der Waals surface area contributed by atoms with E-state index < -0.39 is 10.3 Å². The molecule has 0 saturated heterocycles. The second-order valence-electron chi connectivity index (χ2n) is 5.35. The van der Waals surface area contributed by atoms with Crippen LogP contribution in [0.1, 0.15) is 18.4 Å². The summed E-state index contributed by atoms with van der Waals surface area (Å²) in [7, 11) is 0. The van der Waals surface area contributed by atoms with E-state index >= 15 is 0 Å². The average Bonchev–Trinajstić information content (AvgIpc) is 3.29. The highest BCUT2D eigenvalue weighted by Crippen LogP contribution is 2.49. The summed E-state index contributed by atoms with van der Waals surface area (Å²) in [5.74, 6) is -0.108. The van der Waals surface area contributed by atoms with Gasteiger partial charge < -0.3 is 5.32 Å². The minimum Gasteiger partial charge on any atom is -0.325 e. The first kappa shape index (κ1) is 14.5. The Morgan fingerprint density at radius 2 is 1.86 bits per heavy atom. The van der Waals surface area contributed by atoms with Crippen molar-refractivity contribution in [2.45, 2.75) is 18.3 Å². The maximum Gasteiger partial charge on any atom is 0.269 e. The minimum atomic E-state index is -0.586. The highest BCUT2D eigenvalue weighted by Gasteiger charge is 2.51. The molecule has 1 aliphatic carbocycles. The van der Waals surface area contributed by atoms with Crippen LogP contribution < -0.4 is 5.32 Å². The third-order valence-corrected chi connectivity index (χ3v) is 4.13. The maximum atomic E-state index is 12.5. The lowest BCUT2D eigenvalue weighted by Gasteiger charge is -2.15. The van der Waals surface area contributed by atoms with Crippen molar-refractivity contribution in [1.82, 2.24) is 0 Å². The van der Waals surface area contributed by atoms with Crippen LogP contribution in [0.25, 0.3) is 0 Å². The molecule has 0 heterocycles. The van der Waals surface area contributed by atoms with Gasteiger partial charge in [-0.1, -0.05) is 29.8 Å². The van der Waals surface area contributed by atoms with E-state index in [0.717, 1.165) is 18.4 Å². The molecule has 1 aliphatic rings. The van der Waals surface area contributed by atoms with Gasteiger partial charge in [-0.05, 0) is 36.6 Å². The number of non-ortho nitro benzene ring substituents is 1. The number of nitrogens with one attached hydrogen (secondary N) is 1. The lowest BCUT2D eigenvalue weighted by Crippen LogP contribution is -2.27. The summed E-state index contributed by atoms with van der Waals surface area (Å²) in [5.41, 5.74) is 0.885. The van der Waals surface area contributed by atoms with E-state index in [1.54, 1.807) is 36.4 Å². The molecule has 5 nitrogen and oxygen atoms in total. The van der Waals surface area contributed by atoms with Gasteiger partial charge in [0.25, 0.3) is 5.69 Å². The highest BCUT2D eigenvalue weighted by atomic mass is 35.5. The minimum absolute atomic E-state index is 0.0230. The van der Waals surface area contributed by atoms with Gasteiger partial charge >= 0.3 is 0 Å². The molecule has 0 aliphatic heterocycles. The number of hydrogen-bond acceptors (Lipinski definition) is 3. The second-order valence-corrected chi connectivity index (χ2v) is 5.79. The molecule has 2 aromatic carbocycles. The summed E-state index contributed by atoms with van der Waals surface area (Å²) < 4.78 is 0. The number of rotatable bonds is 4. The number of nitro benzene ring substituents is 1. The molecule has 0 aromatic heterocycles. The lowest BCUT2D eigenvalue weighted by atomic mass is 9.94. The Hall–Kier alpha value is -2.40. The van der Waals surface area contributed by atoms with Crippen molar-refractivity contribution >= 4 is 28.9 Å². The molecule has 0 unspecified atom stereocenters. The van der Waals surface area contributed by atoms with Gasteiger partial charge in [-0.2, -0.15) is 0 Å². The Morgan fingerprint density at radius 1 is 1.18 bits per heavy atom. The first-order chi connectivity index (χ1) is 10.5. The number of halogens is 1. The van der Waals surface area contributed by atoms with E-state index in [0.29, 0.717) is 10.7 Å². The van der Waals surface area contributed by atoms with Crippen molar-refractivity contribution in [1.29, 1.82) is 0 Å². The first-order valence-electron chi connectivity index (χ1n) is 6.83. The van der Waals surface area contributed by atoms with Gasteiger partial charge in [0.15, 0.2) is 0 Å². The van der Waals surface area contributed by atoms with E-state index in [4.69, 9.17) is 11.6 Å². The number of benzene rings is 2. The van der Waals surface area contributed by atoms with Crippen LogP contribution in [-0.2, 0) is 10.2 Å². The van der Waals surface area contributed by atoms with Gasteiger partial charge in [0, 0.05) is 22.8 Å². The van der Waals surface area contributed by atoms with Gasteiger partial charge in [-0.3, -0.25) is 14.9 Å². The van der Waals surface area contributed by atoms with Crippen LogP contribution in [0.15, 0.2) is 48.5 Å². The van der Waals surface area contributed by atoms with Crippen molar-refractivity contribution in [3.63, 3.8) is 0 Å². The third kappa shape index (κ3) is 2.67. The third-order valence-electron chi connectivity index (χ3n) is 3.90. The van der Waals surface area contributed by atoms with Crippen LogP contribution >= 0.6 is 11.6 Å². The molecule has 1 N–H and O–H groups in total. The Morgan fingerprint density at radius 3 is 2.41 bits per heavy atom. The van der Waals surface area contributed by atoms with Gasteiger partial charge in [0.2, 0.25) is 5.91 Å². The molecule has 0 radical (unpaired) electrons. The number of carbonyl (C=O) groups is 1. The number of hydrogen-bond donors (Lipinski definition) is 1. The molecule has 22 heavy (non-hydrogen) atoms. The number of nitrogens with zero attached hydrogens (tertiary/aromatic N) is 1. The molecule has 1 fully saturated rings. The Balaban J connectivity index is 1.80. The lowest BCUT2D eigenvalue weighted by molar-refractivity contribution is -0.384. The molecule has 6 heteroatoms. The van der Waals surface area contributed by atoms with Crippen molar-refractivity contribution in [3.8, 4) is 0 Å². The van der Waals surface area contributed by atoms with Crippen LogP contribution in [0.4, 0.5) is 11.4 Å². The molecule has 2 aromatic rings. The maximum absolute atomic E-state index is 12.5. The molecular weight excluding hydrogens is 304 g/mol. The SMILES string of the molecule is O=C(Nc1cccc(Cl)c1)C1(c2ccc([N+](=O)[O-])cc2)CC1. The van der Waals surface area contributed by atoms with E-state index in [2.05, 4.69) is 5.32 Å². The molecule has 0 atom stereocenters. The summed E-state index contributed by atoms with van der Waals surface area (Å²) in [6.45, 7) is 0. The Bertz CT molecular complexity index is 739. The first-order valence-corrected chi connectivity index (χ1v) is 7.21. The quantitative estimate of drug-likeness (QED) is 0.686. The number of nitro groups is 1. The van der Waals surface area contributed by atoms with Crippen molar-refractivity contribution in [2.24, 2.45) is 0 Å². The number of anilines is 1. The standard InChI is InChI=1S/C16H13ClN2O3/c17-12-2-1-3-13(10-12)18-15(20)16(8-9-16)11-4-6-14(7-5-11)19(21)22/h1-7,10H,8-9H2,(H,18,20). The van der Waals surface area contributed by atoms with E-state index in [1.807, 2.05) is 0 Å². The van der Waals surface area contributed by atoms with Crippen molar-refractivity contribution in [3.05, 3.63) is 69.2 Å². The smallest absolute Gasteiger partial charge is 0.269 e. The van der Waals surface area contributed by atoms with Crippen molar-refractivity contribution < 1.29 is 9.72 Å². The topological polar surface area (TPSA) is 72.2 Å². The predicted octanol–water partition coefficient (Wildman–Crippen LogP) is 3.92. The molecule has 0 spiro atoms. The molecular formula is C16H13ClN2O3. The zero-order chi connectivity index (χ0) is 15.7. The summed E-state index contributed by atoms with van der Waals surface area (Å²) in [6.07, 6.45) is 1.47.